The molecule has 0 aliphatic rings. The molecule has 0 bridgehead atoms. The molecule has 24 heavy (non-hydrogen) atoms. The number of rotatable bonds is 6. The van der Waals surface area contributed by atoms with Gasteiger partial charge in [-0.05, 0) is 62.1 Å². The average molecular weight is 350 g/mol. The number of carbonyl (C=O) groups is 1. The average Bonchev–Trinajstić information content (AvgIpc) is 2.96. The van der Waals surface area contributed by atoms with E-state index < -0.39 is 0 Å². The summed E-state index contributed by atoms with van der Waals surface area (Å²) in [7, 11) is 0. The van der Waals surface area contributed by atoms with Crippen molar-refractivity contribution < 1.29 is 13.9 Å². The number of furan rings is 1. The fourth-order valence-corrected chi connectivity index (χ4v) is 2.48. The van der Waals surface area contributed by atoms with E-state index in [0.717, 1.165) is 21.9 Å². The number of halogens is 1. The highest BCUT2D eigenvalue weighted by Crippen LogP contribution is 2.32. The van der Waals surface area contributed by atoms with Crippen LogP contribution in [0.25, 0.3) is 0 Å². The third kappa shape index (κ3) is 4.54. The van der Waals surface area contributed by atoms with Gasteiger partial charge in [0.15, 0.2) is 5.76 Å². The van der Waals surface area contributed by atoms with Crippen LogP contribution in [0, 0.1) is 6.92 Å². The zero-order chi connectivity index (χ0) is 17.9. The molecule has 0 aliphatic carbocycles. The van der Waals surface area contributed by atoms with E-state index in [0.29, 0.717) is 17.4 Å². The molecule has 0 aliphatic heterocycles. The van der Waals surface area contributed by atoms with E-state index >= 15 is 0 Å². The minimum absolute atomic E-state index is 0.0629. The zero-order valence-electron chi connectivity index (χ0n) is 14.8. The predicted octanol–water partition coefficient (Wildman–Crippen LogP) is 5.08. The monoisotopic (exact) mass is 349 g/mol. The molecule has 0 fully saturated rings. The number of ether oxygens (including phenoxy) is 1. The van der Waals surface area contributed by atoms with Crippen LogP contribution in [0.4, 0.5) is 0 Å². The van der Waals surface area contributed by atoms with Gasteiger partial charge in [0.2, 0.25) is 0 Å². The molecule has 0 atom stereocenters. The lowest BCUT2D eigenvalue weighted by molar-refractivity contribution is 0.0911. The van der Waals surface area contributed by atoms with Crippen molar-refractivity contribution >= 4 is 17.5 Å². The molecule has 5 heteroatoms. The summed E-state index contributed by atoms with van der Waals surface area (Å²) in [6.45, 7) is 10.2. The van der Waals surface area contributed by atoms with Gasteiger partial charge >= 0.3 is 0 Å². The van der Waals surface area contributed by atoms with Gasteiger partial charge in [-0.1, -0.05) is 25.4 Å². The molecule has 1 amide bonds. The van der Waals surface area contributed by atoms with Gasteiger partial charge in [-0.25, -0.2) is 0 Å². The molecule has 1 N–H and O–H groups in total. The highest BCUT2D eigenvalue weighted by molar-refractivity contribution is 6.31. The SMILES string of the molecule is Cc1cc(OCc2ccc(C(=O)NC(C)C)o2)c(C(C)C)cc1Cl. The summed E-state index contributed by atoms with van der Waals surface area (Å²) in [6.07, 6.45) is 0. The van der Waals surface area contributed by atoms with Gasteiger partial charge in [0.25, 0.3) is 5.91 Å². The van der Waals surface area contributed by atoms with Gasteiger partial charge in [0.05, 0.1) is 0 Å². The molecule has 1 heterocycles. The standard InChI is InChI=1S/C19H24ClNO3/c1-11(2)15-9-16(20)13(5)8-18(15)23-10-14-6-7-17(24-14)19(22)21-12(3)4/h6-9,11-12H,10H2,1-5H3,(H,21,22). The van der Waals surface area contributed by atoms with Gasteiger partial charge < -0.3 is 14.5 Å². The molecule has 1 aromatic heterocycles. The number of nitrogens with one attached hydrogen (secondary N) is 1. The van der Waals surface area contributed by atoms with Crippen LogP contribution in [0.2, 0.25) is 5.02 Å². The van der Waals surface area contributed by atoms with E-state index in [9.17, 15) is 4.79 Å². The summed E-state index contributed by atoms with van der Waals surface area (Å²) in [6, 6.07) is 7.36. The summed E-state index contributed by atoms with van der Waals surface area (Å²) >= 11 is 6.21. The Balaban J connectivity index is 2.10. The Morgan fingerprint density at radius 1 is 1.25 bits per heavy atom. The summed E-state index contributed by atoms with van der Waals surface area (Å²) in [5, 5.41) is 3.53. The Hall–Kier alpha value is -1.94. The number of benzene rings is 1. The summed E-state index contributed by atoms with van der Waals surface area (Å²) in [5.74, 6) is 1.75. The molecule has 0 spiro atoms. The highest BCUT2D eigenvalue weighted by atomic mass is 35.5. The minimum Gasteiger partial charge on any atom is -0.485 e. The maximum absolute atomic E-state index is 11.9. The Morgan fingerprint density at radius 3 is 2.58 bits per heavy atom. The molecule has 2 aromatic rings. The third-order valence-electron chi connectivity index (χ3n) is 3.59. The van der Waals surface area contributed by atoms with Crippen LogP contribution in [-0.4, -0.2) is 11.9 Å². The maximum Gasteiger partial charge on any atom is 0.287 e. The molecule has 0 saturated carbocycles. The molecular formula is C19H24ClNO3. The lowest BCUT2D eigenvalue weighted by Crippen LogP contribution is -2.29. The second-order valence-electron chi connectivity index (χ2n) is 6.48. The molecular weight excluding hydrogens is 326 g/mol. The van der Waals surface area contributed by atoms with E-state index in [1.54, 1.807) is 12.1 Å². The van der Waals surface area contributed by atoms with Crippen molar-refractivity contribution in [2.24, 2.45) is 0 Å². The number of aryl methyl sites for hydroxylation is 1. The first-order chi connectivity index (χ1) is 11.3. The Bertz CT molecular complexity index is 719. The summed E-state index contributed by atoms with van der Waals surface area (Å²) in [4.78, 5) is 11.9. The first-order valence-electron chi connectivity index (χ1n) is 8.10. The van der Waals surface area contributed by atoms with E-state index in [2.05, 4.69) is 19.2 Å². The Kier molecular flexibility index (Phi) is 5.94. The van der Waals surface area contributed by atoms with Crippen LogP contribution in [0.3, 0.4) is 0 Å². The van der Waals surface area contributed by atoms with Crippen LogP contribution in [0.15, 0.2) is 28.7 Å². The zero-order valence-corrected chi connectivity index (χ0v) is 15.5. The van der Waals surface area contributed by atoms with Crippen LogP contribution >= 0.6 is 11.6 Å². The van der Waals surface area contributed by atoms with Crippen LogP contribution < -0.4 is 10.1 Å². The van der Waals surface area contributed by atoms with Crippen LogP contribution in [-0.2, 0) is 6.61 Å². The number of hydrogen-bond donors (Lipinski definition) is 1. The predicted molar refractivity (Wildman–Crippen MR) is 95.9 cm³/mol. The molecule has 4 nitrogen and oxygen atoms in total. The minimum atomic E-state index is -0.221. The number of carbonyl (C=O) groups excluding carboxylic acids is 1. The second kappa shape index (κ2) is 7.75. The normalized spacial score (nSPS) is 11.2. The van der Waals surface area contributed by atoms with Crippen molar-refractivity contribution in [2.45, 2.75) is 53.2 Å². The molecule has 130 valence electrons. The fraction of sp³-hybridized carbons (Fsp3) is 0.421. The first-order valence-corrected chi connectivity index (χ1v) is 8.48. The Labute approximate surface area is 148 Å². The van der Waals surface area contributed by atoms with Gasteiger partial charge in [-0.3, -0.25) is 4.79 Å². The van der Waals surface area contributed by atoms with Crippen LogP contribution in [0.5, 0.6) is 5.75 Å². The smallest absolute Gasteiger partial charge is 0.287 e. The molecule has 0 unspecified atom stereocenters. The van der Waals surface area contributed by atoms with E-state index in [1.165, 1.54) is 0 Å². The van der Waals surface area contributed by atoms with E-state index in [1.807, 2.05) is 32.9 Å². The van der Waals surface area contributed by atoms with Crippen LogP contribution in [0.1, 0.15) is 61.1 Å². The van der Waals surface area contributed by atoms with Gasteiger partial charge in [0.1, 0.15) is 18.1 Å². The largest absolute Gasteiger partial charge is 0.485 e. The van der Waals surface area contributed by atoms with Gasteiger partial charge in [-0.15, -0.1) is 0 Å². The first kappa shape index (κ1) is 18.4. The number of hydrogen-bond acceptors (Lipinski definition) is 3. The van der Waals surface area contributed by atoms with Crippen molar-refractivity contribution in [1.29, 1.82) is 0 Å². The fourth-order valence-electron chi connectivity index (χ4n) is 2.31. The van der Waals surface area contributed by atoms with Gasteiger partial charge in [0, 0.05) is 11.1 Å². The van der Waals surface area contributed by atoms with Crippen molar-refractivity contribution in [3.05, 3.63) is 51.9 Å². The third-order valence-corrected chi connectivity index (χ3v) is 4.00. The highest BCUT2D eigenvalue weighted by Gasteiger charge is 2.14. The second-order valence-corrected chi connectivity index (χ2v) is 6.88. The van der Waals surface area contributed by atoms with Crippen molar-refractivity contribution in [3.63, 3.8) is 0 Å². The topological polar surface area (TPSA) is 51.5 Å². The maximum atomic E-state index is 11.9. The summed E-state index contributed by atoms with van der Waals surface area (Å²) < 4.78 is 11.5. The molecule has 0 saturated heterocycles. The molecule has 0 radical (unpaired) electrons. The molecule has 1 aromatic carbocycles. The van der Waals surface area contributed by atoms with E-state index in [4.69, 9.17) is 20.8 Å². The van der Waals surface area contributed by atoms with Crippen molar-refractivity contribution in [3.8, 4) is 5.75 Å². The van der Waals surface area contributed by atoms with Gasteiger partial charge in [-0.2, -0.15) is 0 Å². The van der Waals surface area contributed by atoms with Crippen molar-refractivity contribution in [1.82, 2.24) is 5.32 Å². The lowest BCUT2D eigenvalue weighted by atomic mass is 10.0. The quantitative estimate of drug-likeness (QED) is 0.791. The summed E-state index contributed by atoms with van der Waals surface area (Å²) in [5.41, 5.74) is 2.02. The van der Waals surface area contributed by atoms with Crippen molar-refractivity contribution in [2.75, 3.05) is 0 Å². The Morgan fingerprint density at radius 2 is 1.96 bits per heavy atom. The number of amides is 1. The lowest BCUT2D eigenvalue weighted by Gasteiger charge is -2.15. The molecule has 2 rings (SSSR count). The van der Waals surface area contributed by atoms with E-state index in [-0.39, 0.29) is 18.6 Å².